The number of aromatic nitrogens is 4. The fourth-order valence-electron chi connectivity index (χ4n) is 2.60. The van der Waals surface area contributed by atoms with Crippen LogP contribution >= 0.6 is 11.3 Å². The van der Waals surface area contributed by atoms with Crippen molar-refractivity contribution >= 4 is 22.2 Å². The molecule has 4 heterocycles. The molecular formula is C17H14N4O3S. The second-order valence-electron chi connectivity index (χ2n) is 5.23. The molecule has 0 spiro atoms. The van der Waals surface area contributed by atoms with E-state index in [2.05, 4.69) is 15.0 Å². The molecule has 0 bridgehead atoms. The number of rotatable bonds is 4. The van der Waals surface area contributed by atoms with Crippen LogP contribution in [0.25, 0.3) is 27.2 Å². The van der Waals surface area contributed by atoms with Crippen LogP contribution in [0.2, 0.25) is 0 Å². The minimum atomic E-state index is 0.142. The van der Waals surface area contributed by atoms with Gasteiger partial charge in [0.05, 0.1) is 42.5 Å². The zero-order valence-corrected chi connectivity index (χ0v) is 14.3. The highest BCUT2D eigenvalue weighted by Crippen LogP contribution is 2.33. The maximum absolute atomic E-state index is 10.4. The van der Waals surface area contributed by atoms with Crippen LogP contribution in [0.4, 0.5) is 0 Å². The Hall–Kier alpha value is -3.13. The molecule has 0 fully saturated rings. The van der Waals surface area contributed by atoms with E-state index >= 15 is 0 Å². The Morgan fingerprint density at radius 3 is 2.76 bits per heavy atom. The van der Waals surface area contributed by atoms with Gasteiger partial charge >= 0.3 is 0 Å². The molecule has 0 saturated carbocycles. The number of aromatic hydroxyl groups is 1. The number of hydrogen-bond donors (Lipinski definition) is 1. The lowest BCUT2D eigenvalue weighted by atomic mass is 10.1. The predicted octanol–water partition coefficient (Wildman–Crippen LogP) is 3.27. The number of nitrogens with zero attached hydrogens (tertiary/aromatic N) is 4. The average molecular weight is 354 g/mol. The number of thiazole rings is 1. The fourth-order valence-corrected chi connectivity index (χ4v) is 3.21. The van der Waals surface area contributed by atoms with Crippen LogP contribution in [-0.2, 0) is 0 Å². The molecule has 0 aliphatic rings. The minimum Gasteiger partial charge on any atom is -0.494 e. The Morgan fingerprint density at radius 1 is 1.16 bits per heavy atom. The van der Waals surface area contributed by atoms with Gasteiger partial charge in [0.1, 0.15) is 5.00 Å². The second-order valence-corrected chi connectivity index (χ2v) is 6.09. The van der Waals surface area contributed by atoms with Crippen molar-refractivity contribution in [3.05, 3.63) is 42.3 Å². The van der Waals surface area contributed by atoms with Gasteiger partial charge in [0.2, 0.25) is 5.88 Å². The number of ether oxygens (including phenoxy) is 2. The SMILES string of the molecule is COc1cc(-c2ccc3c(O)n(-c4cncs4)cc3n2)cnc1OC. The van der Waals surface area contributed by atoms with Gasteiger partial charge in [0.15, 0.2) is 5.75 Å². The lowest BCUT2D eigenvalue weighted by Crippen LogP contribution is -1.94. The van der Waals surface area contributed by atoms with Gasteiger partial charge in [-0.05, 0) is 18.2 Å². The minimum absolute atomic E-state index is 0.142. The summed E-state index contributed by atoms with van der Waals surface area (Å²) in [4.78, 5) is 12.9. The molecule has 1 N–H and O–H groups in total. The molecule has 0 atom stereocenters. The third kappa shape index (κ3) is 2.56. The van der Waals surface area contributed by atoms with Crippen molar-refractivity contribution in [2.75, 3.05) is 14.2 Å². The van der Waals surface area contributed by atoms with Crippen molar-refractivity contribution in [2.45, 2.75) is 0 Å². The number of fused-ring (bicyclic) bond motifs is 1. The van der Waals surface area contributed by atoms with Gasteiger partial charge < -0.3 is 14.6 Å². The Labute approximate surface area is 147 Å². The Kier molecular flexibility index (Phi) is 3.73. The standard InChI is InChI=1S/C17H14N4O3S/c1-23-14-5-10(6-19-16(14)24-2)12-4-3-11-13(20-12)8-21(17(11)22)15-7-18-9-25-15/h3-9,22H,1-2H3. The predicted molar refractivity (Wildman–Crippen MR) is 94.7 cm³/mol. The summed E-state index contributed by atoms with van der Waals surface area (Å²) in [6.45, 7) is 0. The monoisotopic (exact) mass is 354 g/mol. The van der Waals surface area contributed by atoms with Crippen molar-refractivity contribution in [3.63, 3.8) is 0 Å². The van der Waals surface area contributed by atoms with Gasteiger partial charge in [-0.3, -0.25) is 9.55 Å². The molecule has 4 aromatic heterocycles. The van der Waals surface area contributed by atoms with Gasteiger partial charge in [-0.15, -0.1) is 11.3 Å². The molecule has 4 rings (SSSR count). The first-order valence-corrected chi connectivity index (χ1v) is 8.27. The zero-order chi connectivity index (χ0) is 17.4. The first-order valence-electron chi connectivity index (χ1n) is 7.39. The molecule has 0 saturated heterocycles. The highest BCUT2D eigenvalue weighted by atomic mass is 32.1. The quantitative estimate of drug-likeness (QED) is 0.606. The van der Waals surface area contributed by atoms with Gasteiger partial charge in [0.25, 0.3) is 5.88 Å². The maximum Gasteiger partial charge on any atom is 0.256 e. The third-order valence-electron chi connectivity index (χ3n) is 3.83. The Morgan fingerprint density at radius 2 is 2.04 bits per heavy atom. The third-order valence-corrected chi connectivity index (χ3v) is 4.60. The number of methoxy groups -OCH3 is 2. The summed E-state index contributed by atoms with van der Waals surface area (Å²) in [6, 6.07) is 5.49. The maximum atomic E-state index is 10.4. The van der Waals surface area contributed by atoms with Crippen LogP contribution in [-0.4, -0.2) is 38.8 Å². The highest BCUT2D eigenvalue weighted by molar-refractivity contribution is 7.12. The molecule has 0 amide bonds. The second kappa shape index (κ2) is 6.06. The van der Waals surface area contributed by atoms with Crippen molar-refractivity contribution in [1.82, 2.24) is 19.5 Å². The van der Waals surface area contributed by atoms with E-state index < -0.39 is 0 Å². The lowest BCUT2D eigenvalue weighted by molar-refractivity contribution is 0.343. The van der Waals surface area contributed by atoms with E-state index in [9.17, 15) is 5.11 Å². The van der Waals surface area contributed by atoms with Crippen LogP contribution in [0.1, 0.15) is 0 Å². The van der Waals surface area contributed by atoms with Crippen molar-refractivity contribution in [3.8, 4) is 33.8 Å². The fraction of sp³-hybridized carbons (Fsp3) is 0.118. The summed E-state index contributed by atoms with van der Waals surface area (Å²) in [6.07, 6.45) is 5.16. The molecule has 0 aliphatic heterocycles. The zero-order valence-electron chi connectivity index (χ0n) is 13.5. The molecule has 126 valence electrons. The van der Waals surface area contributed by atoms with E-state index in [1.54, 1.807) is 42.9 Å². The summed E-state index contributed by atoms with van der Waals surface area (Å²) in [5, 5.41) is 11.9. The summed E-state index contributed by atoms with van der Waals surface area (Å²) in [5.41, 5.74) is 3.92. The van der Waals surface area contributed by atoms with Crippen LogP contribution in [0.5, 0.6) is 17.5 Å². The number of pyridine rings is 2. The molecule has 0 radical (unpaired) electrons. The number of hydrogen-bond acceptors (Lipinski definition) is 7. The van der Waals surface area contributed by atoms with Crippen LogP contribution in [0, 0.1) is 0 Å². The summed E-state index contributed by atoms with van der Waals surface area (Å²) < 4.78 is 12.1. The molecule has 0 unspecified atom stereocenters. The van der Waals surface area contributed by atoms with Crippen LogP contribution in [0.15, 0.2) is 42.3 Å². The molecule has 0 aromatic carbocycles. The van der Waals surface area contributed by atoms with Gasteiger partial charge in [-0.2, -0.15) is 0 Å². The summed E-state index contributed by atoms with van der Waals surface area (Å²) >= 11 is 1.44. The summed E-state index contributed by atoms with van der Waals surface area (Å²) in [5.74, 6) is 1.09. The van der Waals surface area contributed by atoms with Gasteiger partial charge in [-0.25, -0.2) is 9.97 Å². The van der Waals surface area contributed by atoms with Crippen molar-refractivity contribution in [2.24, 2.45) is 0 Å². The van der Waals surface area contributed by atoms with Crippen molar-refractivity contribution < 1.29 is 14.6 Å². The highest BCUT2D eigenvalue weighted by Gasteiger charge is 2.14. The van der Waals surface area contributed by atoms with E-state index in [4.69, 9.17) is 9.47 Å². The smallest absolute Gasteiger partial charge is 0.256 e. The Balaban J connectivity index is 1.82. The molecule has 7 nitrogen and oxygen atoms in total. The van der Waals surface area contributed by atoms with E-state index in [0.717, 1.165) is 16.3 Å². The topological polar surface area (TPSA) is 82.3 Å². The van der Waals surface area contributed by atoms with E-state index in [-0.39, 0.29) is 5.88 Å². The molecule has 4 aromatic rings. The lowest BCUT2D eigenvalue weighted by Gasteiger charge is -2.08. The molecular weight excluding hydrogens is 340 g/mol. The van der Waals surface area contributed by atoms with Crippen molar-refractivity contribution in [1.29, 1.82) is 0 Å². The van der Waals surface area contributed by atoms with Crippen LogP contribution < -0.4 is 9.47 Å². The summed E-state index contributed by atoms with van der Waals surface area (Å²) in [7, 11) is 3.10. The first kappa shape index (κ1) is 15.4. The first-order chi connectivity index (χ1) is 12.2. The molecule has 0 aliphatic carbocycles. The molecule has 8 heteroatoms. The van der Waals surface area contributed by atoms with E-state index in [1.807, 2.05) is 18.2 Å². The van der Waals surface area contributed by atoms with E-state index in [1.165, 1.54) is 11.3 Å². The largest absolute Gasteiger partial charge is 0.494 e. The van der Waals surface area contributed by atoms with Gasteiger partial charge in [0, 0.05) is 18.0 Å². The normalized spacial score (nSPS) is 11.0. The Bertz CT molecular complexity index is 1040. The van der Waals surface area contributed by atoms with E-state index in [0.29, 0.717) is 22.5 Å². The van der Waals surface area contributed by atoms with Crippen LogP contribution in [0.3, 0.4) is 0 Å². The van der Waals surface area contributed by atoms with Gasteiger partial charge in [-0.1, -0.05) is 0 Å². The average Bonchev–Trinajstić information content (AvgIpc) is 3.29. The molecule has 25 heavy (non-hydrogen) atoms.